The molecule has 2 heterocycles. The number of pyridine rings is 1. The summed E-state index contributed by atoms with van der Waals surface area (Å²) in [5, 5.41) is 7.80. The predicted octanol–water partition coefficient (Wildman–Crippen LogP) is 2.56. The highest BCUT2D eigenvalue weighted by atomic mass is 16.1. The lowest BCUT2D eigenvalue weighted by molar-refractivity contribution is 0.102. The van der Waals surface area contributed by atoms with Gasteiger partial charge in [-0.1, -0.05) is 18.7 Å². The van der Waals surface area contributed by atoms with Gasteiger partial charge in [-0.25, -0.2) is 4.98 Å². The fourth-order valence-electron chi connectivity index (χ4n) is 2.32. The van der Waals surface area contributed by atoms with Crippen LogP contribution in [0.25, 0.3) is 10.9 Å². The number of aromatic amines is 1. The number of benzene rings is 1. The van der Waals surface area contributed by atoms with Crippen molar-refractivity contribution in [2.45, 2.75) is 6.92 Å². The van der Waals surface area contributed by atoms with E-state index < -0.39 is 0 Å². The number of aromatic nitrogens is 2. The normalized spacial score (nSPS) is 11.3. The molecule has 0 bridgehead atoms. The maximum atomic E-state index is 12.3. The molecule has 126 valence electrons. The first kappa shape index (κ1) is 16.3. The second-order valence-electron chi connectivity index (χ2n) is 5.49. The fraction of sp³-hybridized carbons (Fsp3) is 0.0556. The number of nitrogens with one attached hydrogen (secondary N) is 3. The van der Waals surface area contributed by atoms with E-state index in [9.17, 15) is 4.79 Å². The Morgan fingerprint density at radius 2 is 2.12 bits per heavy atom. The van der Waals surface area contributed by atoms with Gasteiger partial charge in [0.05, 0.1) is 5.71 Å². The lowest BCUT2D eigenvalue weighted by Crippen LogP contribution is -2.14. The molecule has 0 aliphatic carbocycles. The van der Waals surface area contributed by atoms with Crippen LogP contribution < -0.4 is 16.5 Å². The minimum atomic E-state index is -0.247. The molecule has 7 nitrogen and oxygen atoms in total. The quantitative estimate of drug-likeness (QED) is 0.425. The standard InChI is InChI=1S/C18H18N6O/c1-11(23-24-12(2)19)13-6-7-15-14(9-13)10-16(21-15)18(25)22-17-5-3-4-8-20-17/h3-10,21,24H,2,19H2,1H3,(H,20,22,25)/b23-11-. The first-order valence-corrected chi connectivity index (χ1v) is 7.63. The molecule has 0 atom stereocenters. The highest BCUT2D eigenvalue weighted by molar-refractivity contribution is 6.07. The van der Waals surface area contributed by atoms with Gasteiger partial charge >= 0.3 is 0 Å². The van der Waals surface area contributed by atoms with Crippen molar-refractivity contribution in [3.63, 3.8) is 0 Å². The van der Waals surface area contributed by atoms with E-state index in [1.54, 1.807) is 24.4 Å². The average Bonchev–Trinajstić information content (AvgIpc) is 3.04. The molecule has 25 heavy (non-hydrogen) atoms. The monoisotopic (exact) mass is 334 g/mol. The van der Waals surface area contributed by atoms with Crippen LogP contribution in [0.2, 0.25) is 0 Å². The van der Waals surface area contributed by atoms with Gasteiger partial charge in [0.1, 0.15) is 17.3 Å². The maximum Gasteiger partial charge on any atom is 0.273 e. The first-order chi connectivity index (χ1) is 12.0. The Morgan fingerprint density at radius 3 is 2.84 bits per heavy atom. The molecule has 0 radical (unpaired) electrons. The van der Waals surface area contributed by atoms with E-state index in [-0.39, 0.29) is 11.7 Å². The number of nitrogens with two attached hydrogens (primary N) is 1. The van der Waals surface area contributed by atoms with Crippen LogP contribution in [0.1, 0.15) is 23.0 Å². The lowest BCUT2D eigenvalue weighted by Gasteiger charge is -2.02. The van der Waals surface area contributed by atoms with Crippen molar-refractivity contribution in [3.8, 4) is 0 Å². The molecule has 2 aromatic heterocycles. The minimum Gasteiger partial charge on any atom is -0.385 e. The summed E-state index contributed by atoms with van der Waals surface area (Å²) in [7, 11) is 0. The summed E-state index contributed by atoms with van der Waals surface area (Å²) < 4.78 is 0. The summed E-state index contributed by atoms with van der Waals surface area (Å²) >= 11 is 0. The molecular formula is C18H18N6O. The molecule has 0 aliphatic rings. The van der Waals surface area contributed by atoms with Gasteiger partial charge in [0.15, 0.2) is 0 Å². The number of carbonyl (C=O) groups is 1. The van der Waals surface area contributed by atoms with E-state index >= 15 is 0 Å². The first-order valence-electron chi connectivity index (χ1n) is 7.63. The average molecular weight is 334 g/mol. The summed E-state index contributed by atoms with van der Waals surface area (Å²) in [5.41, 5.74) is 11.1. The van der Waals surface area contributed by atoms with E-state index in [2.05, 4.69) is 32.4 Å². The number of rotatable bonds is 5. The van der Waals surface area contributed by atoms with Gasteiger partial charge in [-0.2, -0.15) is 5.10 Å². The zero-order valence-corrected chi connectivity index (χ0v) is 13.7. The van der Waals surface area contributed by atoms with Crippen molar-refractivity contribution in [1.29, 1.82) is 0 Å². The molecule has 0 saturated heterocycles. The molecule has 1 amide bonds. The number of H-pyrrole nitrogens is 1. The SMILES string of the molecule is C=C(N)N/N=C(/C)c1ccc2[nH]c(C(=O)Nc3ccccn3)cc2c1. The minimum absolute atomic E-state index is 0.247. The van der Waals surface area contributed by atoms with Crippen LogP contribution in [0.3, 0.4) is 0 Å². The predicted molar refractivity (Wildman–Crippen MR) is 99.2 cm³/mol. The molecule has 5 N–H and O–H groups in total. The van der Waals surface area contributed by atoms with Crippen molar-refractivity contribution in [3.05, 3.63) is 72.3 Å². The molecular weight excluding hydrogens is 316 g/mol. The summed E-state index contributed by atoms with van der Waals surface area (Å²) in [5.74, 6) is 0.529. The second kappa shape index (κ2) is 6.88. The van der Waals surface area contributed by atoms with Crippen molar-refractivity contribution in [2.24, 2.45) is 10.8 Å². The Labute approximate surface area is 144 Å². The number of hydrogen-bond donors (Lipinski definition) is 4. The molecule has 3 rings (SSSR count). The summed E-state index contributed by atoms with van der Waals surface area (Å²) in [6, 6.07) is 12.9. The summed E-state index contributed by atoms with van der Waals surface area (Å²) in [4.78, 5) is 19.5. The van der Waals surface area contributed by atoms with E-state index in [1.165, 1.54) is 0 Å². The van der Waals surface area contributed by atoms with Gasteiger partial charge in [0, 0.05) is 17.1 Å². The third-order valence-electron chi connectivity index (χ3n) is 3.56. The van der Waals surface area contributed by atoms with Crippen molar-refractivity contribution < 1.29 is 4.79 Å². The van der Waals surface area contributed by atoms with Gasteiger partial charge in [-0.15, -0.1) is 0 Å². The molecule has 0 spiro atoms. The fourth-order valence-corrected chi connectivity index (χ4v) is 2.32. The molecule has 0 unspecified atom stereocenters. The van der Waals surface area contributed by atoms with Crippen LogP contribution in [0.5, 0.6) is 0 Å². The van der Waals surface area contributed by atoms with E-state index in [0.29, 0.717) is 11.5 Å². The molecule has 7 heteroatoms. The van der Waals surface area contributed by atoms with Gasteiger partial charge in [0.2, 0.25) is 0 Å². The number of hydrazone groups is 1. The van der Waals surface area contributed by atoms with Gasteiger partial charge in [-0.3, -0.25) is 10.2 Å². The molecule has 0 fully saturated rings. The van der Waals surface area contributed by atoms with Crippen LogP contribution in [0.4, 0.5) is 5.82 Å². The third kappa shape index (κ3) is 3.84. The van der Waals surface area contributed by atoms with Crippen LogP contribution in [-0.4, -0.2) is 21.6 Å². The Hall–Kier alpha value is -3.61. The van der Waals surface area contributed by atoms with Gasteiger partial charge in [0.25, 0.3) is 5.91 Å². The topological polar surface area (TPSA) is 108 Å². The maximum absolute atomic E-state index is 12.3. The van der Waals surface area contributed by atoms with Crippen molar-refractivity contribution >= 4 is 28.3 Å². The van der Waals surface area contributed by atoms with Crippen LogP contribution in [0, 0.1) is 0 Å². The number of anilines is 1. The number of amides is 1. The zero-order valence-electron chi connectivity index (χ0n) is 13.7. The smallest absolute Gasteiger partial charge is 0.273 e. The zero-order chi connectivity index (χ0) is 17.8. The summed E-state index contributed by atoms with van der Waals surface area (Å²) in [6.07, 6.45) is 1.62. The Balaban J connectivity index is 1.84. The molecule has 1 aromatic carbocycles. The van der Waals surface area contributed by atoms with Crippen LogP contribution in [-0.2, 0) is 0 Å². The number of fused-ring (bicyclic) bond motifs is 1. The number of nitrogens with zero attached hydrogens (tertiary/aromatic N) is 2. The van der Waals surface area contributed by atoms with Crippen molar-refractivity contribution in [2.75, 3.05) is 5.32 Å². The van der Waals surface area contributed by atoms with Gasteiger partial charge in [-0.05, 0) is 42.8 Å². The Bertz CT molecular complexity index is 958. The van der Waals surface area contributed by atoms with Gasteiger partial charge < -0.3 is 16.0 Å². The van der Waals surface area contributed by atoms with E-state index in [1.807, 2.05) is 31.2 Å². The summed E-state index contributed by atoms with van der Waals surface area (Å²) in [6.45, 7) is 5.39. The van der Waals surface area contributed by atoms with Crippen LogP contribution in [0.15, 0.2) is 66.2 Å². The Kier molecular flexibility index (Phi) is 4.47. The number of hydrogen-bond acceptors (Lipinski definition) is 5. The third-order valence-corrected chi connectivity index (χ3v) is 3.56. The highest BCUT2D eigenvalue weighted by Crippen LogP contribution is 2.18. The van der Waals surface area contributed by atoms with E-state index in [0.717, 1.165) is 22.2 Å². The Morgan fingerprint density at radius 1 is 1.28 bits per heavy atom. The molecule has 0 aliphatic heterocycles. The van der Waals surface area contributed by atoms with Crippen LogP contribution >= 0.6 is 0 Å². The highest BCUT2D eigenvalue weighted by Gasteiger charge is 2.11. The van der Waals surface area contributed by atoms with E-state index in [4.69, 9.17) is 5.73 Å². The number of carbonyl (C=O) groups excluding carboxylic acids is 1. The lowest BCUT2D eigenvalue weighted by atomic mass is 10.1. The molecule has 0 saturated carbocycles. The largest absolute Gasteiger partial charge is 0.385 e. The van der Waals surface area contributed by atoms with Crippen molar-refractivity contribution in [1.82, 2.24) is 15.4 Å². The molecule has 3 aromatic rings. The second-order valence-corrected chi connectivity index (χ2v) is 5.49.